The van der Waals surface area contributed by atoms with Crippen molar-refractivity contribution in [3.63, 3.8) is 0 Å². The van der Waals surface area contributed by atoms with Crippen LogP contribution in [0.4, 0.5) is 5.69 Å². The summed E-state index contributed by atoms with van der Waals surface area (Å²) in [4.78, 5) is 37.5. The molecule has 0 unspecified atom stereocenters. The average Bonchev–Trinajstić information content (AvgIpc) is 2.62. The van der Waals surface area contributed by atoms with Gasteiger partial charge in [-0.25, -0.2) is 0 Å². The maximum atomic E-state index is 12.1. The Balaban J connectivity index is 1.74. The van der Waals surface area contributed by atoms with E-state index in [1.165, 1.54) is 11.3 Å². The van der Waals surface area contributed by atoms with Crippen molar-refractivity contribution in [3.8, 4) is 0 Å². The van der Waals surface area contributed by atoms with Gasteiger partial charge in [-0.05, 0) is 40.9 Å². The molecule has 0 bridgehead atoms. The molecular formula is C18H24BrN3O3. The van der Waals surface area contributed by atoms with Gasteiger partial charge in [0.25, 0.3) is 0 Å². The number of carbonyl (C=O) groups excluding carboxylic acids is 3. The van der Waals surface area contributed by atoms with Gasteiger partial charge in [0.2, 0.25) is 17.7 Å². The van der Waals surface area contributed by atoms with Crippen LogP contribution in [0, 0.1) is 5.92 Å². The van der Waals surface area contributed by atoms with Crippen molar-refractivity contribution in [2.45, 2.75) is 32.1 Å². The second kappa shape index (κ2) is 9.56. The minimum Gasteiger partial charge on any atom is -0.347 e. The number of para-hydroxylation sites is 1. The average molecular weight is 410 g/mol. The highest BCUT2D eigenvalue weighted by atomic mass is 79.9. The van der Waals surface area contributed by atoms with Gasteiger partial charge in [0.05, 0.1) is 18.8 Å². The molecule has 1 aromatic rings. The van der Waals surface area contributed by atoms with Crippen LogP contribution >= 0.6 is 15.9 Å². The topological polar surface area (TPSA) is 78.5 Å². The maximum Gasteiger partial charge on any atom is 0.244 e. The number of hydrogen-bond acceptors (Lipinski definition) is 3. The summed E-state index contributed by atoms with van der Waals surface area (Å²) < 4.78 is 0.775. The van der Waals surface area contributed by atoms with Crippen LogP contribution in [0.3, 0.4) is 0 Å². The Hall–Kier alpha value is -1.89. The SMILES string of the molecule is CN(CC(=O)Nc1ccccc1Br)C(=O)CNC(=O)C1CCCCC1. The molecule has 7 heteroatoms. The zero-order chi connectivity index (χ0) is 18.2. The standard InChI is InChI=1S/C18H24BrN3O3/c1-22(12-16(23)21-15-10-6-5-9-14(15)19)17(24)11-20-18(25)13-7-3-2-4-8-13/h5-6,9-10,13H,2-4,7-8,11-12H2,1H3,(H,20,25)(H,21,23). The zero-order valence-corrected chi connectivity index (χ0v) is 16.0. The van der Waals surface area contributed by atoms with E-state index in [0.717, 1.165) is 30.2 Å². The predicted molar refractivity (Wildman–Crippen MR) is 100.0 cm³/mol. The van der Waals surface area contributed by atoms with E-state index in [-0.39, 0.29) is 36.7 Å². The number of rotatable bonds is 6. The molecule has 0 heterocycles. The second-order valence-electron chi connectivity index (χ2n) is 6.33. The Kier molecular flexibility index (Phi) is 7.43. The predicted octanol–water partition coefficient (Wildman–Crippen LogP) is 2.54. The Morgan fingerprint density at radius 3 is 2.52 bits per heavy atom. The molecule has 2 N–H and O–H groups in total. The van der Waals surface area contributed by atoms with Crippen molar-refractivity contribution in [2.75, 3.05) is 25.5 Å². The summed E-state index contributed by atoms with van der Waals surface area (Å²) in [6, 6.07) is 7.26. The van der Waals surface area contributed by atoms with Crippen LogP contribution in [0.25, 0.3) is 0 Å². The Morgan fingerprint density at radius 2 is 1.84 bits per heavy atom. The second-order valence-corrected chi connectivity index (χ2v) is 7.18. The first-order chi connectivity index (χ1) is 12.0. The molecule has 0 radical (unpaired) electrons. The van der Waals surface area contributed by atoms with Crippen molar-refractivity contribution < 1.29 is 14.4 Å². The van der Waals surface area contributed by atoms with Crippen LogP contribution in [-0.4, -0.2) is 42.8 Å². The molecule has 1 saturated carbocycles. The Bertz CT molecular complexity index is 630. The van der Waals surface area contributed by atoms with E-state index in [2.05, 4.69) is 26.6 Å². The van der Waals surface area contributed by atoms with Gasteiger partial charge in [-0.1, -0.05) is 31.4 Å². The molecule has 0 atom stereocenters. The molecule has 2 rings (SSSR count). The van der Waals surface area contributed by atoms with Crippen molar-refractivity contribution >= 4 is 39.3 Å². The first-order valence-corrected chi connectivity index (χ1v) is 9.32. The van der Waals surface area contributed by atoms with Crippen LogP contribution in [0.2, 0.25) is 0 Å². The molecule has 0 aliphatic heterocycles. The van der Waals surface area contributed by atoms with Gasteiger partial charge >= 0.3 is 0 Å². The summed E-state index contributed by atoms with van der Waals surface area (Å²) in [5, 5.41) is 5.44. The van der Waals surface area contributed by atoms with Gasteiger partial charge in [-0.3, -0.25) is 14.4 Å². The van der Waals surface area contributed by atoms with Crippen LogP contribution < -0.4 is 10.6 Å². The molecule has 136 valence electrons. The van der Waals surface area contributed by atoms with E-state index in [1.54, 1.807) is 13.1 Å². The fourth-order valence-electron chi connectivity index (χ4n) is 2.86. The third-order valence-corrected chi connectivity index (χ3v) is 5.04. The smallest absolute Gasteiger partial charge is 0.244 e. The fraction of sp³-hybridized carbons (Fsp3) is 0.500. The molecule has 3 amide bonds. The van der Waals surface area contributed by atoms with E-state index < -0.39 is 0 Å². The van der Waals surface area contributed by atoms with Crippen LogP contribution in [0.1, 0.15) is 32.1 Å². The van der Waals surface area contributed by atoms with Crippen molar-refractivity contribution in [3.05, 3.63) is 28.7 Å². The summed E-state index contributed by atoms with van der Waals surface area (Å²) in [5.74, 6) is -0.613. The molecule has 0 saturated heterocycles. The van der Waals surface area contributed by atoms with Crippen molar-refractivity contribution in [2.24, 2.45) is 5.92 Å². The Morgan fingerprint density at radius 1 is 1.16 bits per heavy atom. The van der Waals surface area contributed by atoms with Gasteiger partial charge in [-0.15, -0.1) is 0 Å². The van der Waals surface area contributed by atoms with Gasteiger partial charge in [0.1, 0.15) is 0 Å². The number of anilines is 1. The zero-order valence-electron chi connectivity index (χ0n) is 14.4. The summed E-state index contributed by atoms with van der Waals surface area (Å²) in [5.41, 5.74) is 0.652. The largest absolute Gasteiger partial charge is 0.347 e. The van der Waals surface area contributed by atoms with Crippen molar-refractivity contribution in [1.29, 1.82) is 0 Å². The lowest BCUT2D eigenvalue weighted by atomic mass is 9.89. The molecule has 1 fully saturated rings. The Labute approximate surface area is 156 Å². The van der Waals surface area contributed by atoms with E-state index in [4.69, 9.17) is 0 Å². The van der Waals surface area contributed by atoms with E-state index in [9.17, 15) is 14.4 Å². The lowest BCUT2D eigenvalue weighted by Crippen LogP contribution is -2.43. The molecule has 6 nitrogen and oxygen atoms in total. The first-order valence-electron chi connectivity index (χ1n) is 8.53. The van der Waals surface area contributed by atoms with E-state index in [0.29, 0.717) is 5.69 Å². The van der Waals surface area contributed by atoms with Crippen molar-refractivity contribution in [1.82, 2.24) is 10.2 Å². The monoisotopic (exact) mass is 409 g/mol. The molecule has 0 spiro atoms. The lowest BCUT2D eigenvalue weighted by Gasteiger charge is -2.22. The number of carbonyl (C=O) groups is 3. The number of nitrogens with zero attached hydrogens (tertiary/aromatic N) is 1. The quantitative estimate of drug-likeness (QED) is 0.757. The molecule has 25 heavy (non-hydrogen) atoms. The van der Waals surface area contributed by atoms with Gasteiger partial charge in [0, 0.05) is 17.4 Å². The highest BCUT2D eigenvalue weighted by Crippen LogP contribution is 2.23. The number of halogens is 1. The molecule has 1 aromatic carbocycles. The summed E-state index contributed by atoms with van der Waals surface area (Å²) in [6.07, 6.45) is 5.11. The van der Waals surface area contributed by atoms with Gasteiger partial charge < -0.3 is 15.5 Å². The molecular weight excluding hydrogens is 386 g/mol. The minimum absolute atomic E-state index is 0.0191. The lowest BCUT2D eigenvalue weighted by molar-refractivity contribution is -0.135. The maximum absolute atomic E-state index is 12.1. The summed E-state index contributed by atoms with van der Waals surface area (Å²) >= 11 is 3.36. The first kappa shape index (κ1) is 19.4. The third-order valence-electron chi connectivity index (χ3n) is 4.34. The highest BCUT2D eigenvalue weighted by molar-refractivity contribution is 9.10. The normalized spacial score (nSPS) is 14.6. The van der Waals surface area contributed by atoms with E-state index >= 15 is 0 Å². The molecule has 1 aliphatic carbocycles. The number of nitrogens with one attached hydrogen (secondary N) is 2. The van der Waals surface area contributed by atoms with Crippen LogP contribution in [-0.2, 0) is 14.4 Å². The highest BCUT2D eigenvalue weighted by Gasteiger charge is 2.22. The number of hydrogen-bond donors (Lipinski definition) is 2. The van der Waals surface area contributed by atoms with Gasteiger partial charge in [0.15, 0.2) is 0 Å². The molecule has 1 aliphatic rings. The number of benzene rings is 1. The summed E-state index contributed by atoms with van der Waals surface area (Å²) in [6.45, 7) is -0.145. The number of likely N-dealkylation sites (N-methyl/N-ethyl adjacent to an activating group) is 1. The summed E-state index contributed by atoms with van der Waals surface area (Å²) in [7, 11) is 1.55. The third kappa shape index (κ3) is 6.16. The fourth-order valence-corrected chi connectivity index (χ4v) is 3.25. The minimum atomic E-state index is -0.290. The van der Waals surface area contributed by atoms with Crippen LogP contribution in [0.5, 0.6) is 0 Å². The van der Waals surface area contributed by atoms with E-state index in [1.807, 2.05) is 18.2 Å². The van der Waals surface area contributed by atoms with Crippen LogP contribution in [0.15, 0.2) is 28.7 Å². The number of amides is 3. The van der Waals surface area contributed by atoms with Gasteiger partial charge in [-0.2, -0.15) is 0 Å². The molecule has 0 aromatic heterocycles.